The summed E-state index contributed by atoms with van der Waals surface area (Å²) < 4.78 is 28.7. The minimum atomic E-state index is -3.27. The number of sulfonamides is 1. The summed E-state index contributed by atoms with van der Waals surface area (Å²) >= 11 is 1.50. The summed E-state index contributed by atoms with van der Waals surface area (Å²) in [6.45, 7) is 2.31. The number of nitrogens with zero attached hydrogens (tertiary/aromatic N) is 3. The van der Waals surface area contributed by atoms with Gasteiger partial charge in [-0.1, -0.05) is 19.4 Å². The highest BCUT2D eigenvalue weighted by Gasteiger charge is 2.14. The van der Waals surface area contributed by atoms with Crippen LogP contribution in [0.2, 0.25) is 0 Å². The maximum atomic E-state index is 12.1. The first-order valence-electron chi connectivity index (χ1n) is 7.09. The molecule has 0 saturated carbocycles. The van der Waals surface area contributed by atoms with Crippen LogP contribution >= 0.6 is 11.3 Å². The van der Waals surface area contributed by atoms with Crippen molar-refractivity contribution in [1.29, 1.82) is 0 Å². The Morgan fingerprint density at radius 2 is 2.18 bits per heavy atom. The van der Waals surface area contributed by atoms with Crippen LogP contribution in [-0.4, -0.2) is 35.1 Å². The monoisotopic (exact) mass is 344 g/mol. The summed E-state index contributed by atoms with van der Waals surface area (Å²) in [6.07, 6.45) is 1.45. The maximum absolute atomic E-state index is 12.1. The molecule has 0 aliphatic rings. The van der Waals surface area contributed by atoms with E-state index in [9.17, 15) is 13.2 Å². The number of aromatic nitrogens is 3. The number of unbranched alkanes of at least 4 members (excludes halogenated alkanes) is 1. The van der Waals surface area contributed by atoms with Crippen LogP contribution in [-0.2, 0) is 23.6 Å². The highest BCUT2D eigenvalue weighted by molar-refractivity contribution is 7.89. The Morgan fingerprint density at radius 1 is 1.41 bits per heavy atom. The highest BCUT2D eigenvalue weighted by Crippen LogP contribution is 2.20. The van der Waals surface area contributed by atoms with E-state index in [1.54, 1.807) is 7.05 Å². The van der Waals surface area contributed by atoms with Crippen LogP contribution in [0.1, 0.15) is 19.8 Å². The fraction of sp³-hybridized carbons (Fsp3) is 0.538. The Hall–Kier alpha value is -1.45. The Morgan fingerprint density at radius 3 is 2.82 bits per heavy atom. The van der Waals surface area contributed by atoms with E-state index in [-0.39, 0.29) is 24.5 Å². The molecule has 0 fully saturated rings. The van der Waals surface area contributed by atoms with E-state index < -0.39 is 10.0 Å². The van der Waals surface area contributed by atoms with Crippen LogP contribution in [0.15, 0.2) is 22.3 Å². The standard InChI is InChI=1S/C13H20N4O3S2/c1-3-4-10-22(19,20)14-7-8-17-13(18)16(2)12(15-17)11-6-5-9-21-11/h5-6,9,14H,3-4,7-8,10H2,1-2H3. The molecule has 122 valence electrons. The van der Waals surface area contributed by atoms with E-state index in [0.29, 0.717) is 12.2 Å². The molecule has 2 aromatic rings. The molecule has 0 aliphatic heterocycles. The minimum absolute atomic E-state index is 0.112. The number of hydrogen-bond donors (Lipinski definition) is 1. The highest BCUT2D eigenvalue weighted by atomic mass is 32.2. The Labute approximate surface area is 133 Å². The van der Waals surface area contributed by atoms with Crippen LogP contribution in [0.5, 0.6) is 0 Å². The molecule has 0 saturated heterocycles. The van der Waals surface area contributed by atoms with Gasteiger partial charge in [0.15, 0.2) is 5.82 Å². The predicted molar refractivity (Wildman–Crippen MR) is 87.5 cm³/mol. The van der Waals surface area contributed by atoms with Gasteiger partial charge in [-0.05, 0) is 17.9 Å². The van der Waals surface area contributed by atoms with Crippen LogP contribution in [0.25, 0.3) is 10.7 Å². The van der Waals surface area contributed by atoms with Crippen LogP contribution in [0.4, 0.5) is 0 Å². The smallest absolute Gasteiger partial charge is 0.277 e. The van der Waals surface area contributed by atoms with E-state index in [2.05, 4.69) is 9.82 Å². The molecule has 0 aliphatic carbocycles. The summed E-state index contributed by atoms with van der Waals surface area (Å²) in [5, 5.41) is 6.19. The van der Waals surface area contributed by atoms with Gasteiger partial charge in [0.2, 0.25) is 10.0 Å². The molecule has 22 heavy (non-hydrogen) atoms. The molecule has 0 bridgehead atoms. The van der Waals surface area contributed by atoms with E-state index in [1.807, 2.05) is 24.4 Å². The van der Waals surface area contributed by atoms with Crippen molar-refractivity contribution in [3.8, 4) is 10.7 Å². The lowest BCUT2D eigenvalue weighted by molar-refractivity contribution is 0.549. The molecule has 9 heteroatoms. The van der Waals surface area contributed by atoms with Gasteiger partial charge in [0.25, 0.3) is 0 Å². The Kier molecular flexibility index (Phi) is 5.54. The molecule has 2 heterocycles. The first kappa shape index (κ1) is 16.9. The second-order valence-corrected chi connectivity index (χ2v) is 7.81. The van der Waals surface area contributed by atoms with Crippen LogP contribution < -0.4 is 10.4 Å². The zero-order chi connectivity index (χ0) is 16.2. The lowest BCUT2D eigenvalue weighted by atomic mass is 10.4. The minimum Gasteiger partial charge on any atom is -0.277 e. The first-order chi connectivity index (χ1) is 10.4. The van der Waals surface area contributed by atoms with Crippen molar-refractivity contribution in [3.63, 3.8) is 0 Å². The van der Waals surface area contributed by atoms with Gasteiger partial charge in [0, 0.05) is 13.6 Å². The van der Waals surface area contributed by atoms with Gasteiger partial charge in [-0.2, -0.15) is 0 Å². The molecule has 0 spiro atoms. The molecule has 0 amide bonds. The van der Waals surface area contributed by atoms with Crippen molar-refractivity contribution in [2.75, 3.05) is 12.3 Å². The molecule has 0 atom stereocenters. The third kappa shape index (κ3) is 4.05. The second-order valence-electron chi connectivity index (χ2n) is 4.93. The van der Waals surface area contributed by atoms with Crippen molar-refractivity contribution in [1.82, 2.24) is 19.1 Å². The molecule has 1 N–H and O–H groups in total. The molecule has 2 rings (SSSR count). The average Bonchev–Trinajstić information content (AvgIpc) is 3.09. The molecule has 0 radical (unpaired) electrons. The summed E-state index contributed by atoms with van der Waals surface area (Å²) in [6, 6.07) is 3.79. The maximum Gasteiger partial charge on any atom is 0.345 e. The number of thiophene rings is 1. The predicted octanol–water partition coefficient (Wildman–Crippen LogP) is 1.03. The topological polar surface area (TPSA) is 86.0 Å². The summed E-state index contributed by atoms with van der Waals surface area (Å²) in [5.41, 5.74) is -0.254. The third-order valence-electron chi connectivity index (χ3n) is 3.19. The molecule has 0 aromatic carbocycles. The lowest BCUT2D eigenvalue weighted by Crippen LogP contribution is -2.33. The SMILES string of the molecule is CCCCS(=O)(=O)NCCn1nc(-c2cccs2)n(C)c1=O. The van der Waals surface area contributed by atoms with Crippen molar-refractivity contribution < 1.29 is 8.42 Å². The first-order valence-corrected chi connectivity index (χ1v) is 9.63. The zero-order valence-corrected chi connectivity index (χ0v) is 14.3. The third-order valence-corrected chi connectivity index (χ3v) is 5.53. The zero-order valence-electron chi connectivity index (χ0n) is 12.7. The number of hydrogen-bond acceptors (Lipinski definition) is 5. The molecular formula is C13H20N4O3S2. The van der Waals surface area contributed by atoms with E-state index in [1.165, 1.54) is 20.6 Å². The largest absolute Gasteiger partial charge is 0.345 e. The average molecular weight is 344 g/mol. The molecule has 0 unspecified atom stereocenters. The fourth-order valence-corrected chi connectivity index (χ4v) is 3.93. The number of nitrogens with one attached hydrogen (secondary N) is 1. The lowest BCUT2D eigenvalue weighted by Gasteiger charge is -2.05. The van der Waals surface area contributed by atoms with Crippen molar-refractivity contribution >= 4 is 21.4 Å². The molecular weight excluding hydrogens is 324 g/mol. The van der Waals surface area contributed by atoms with Gasteiger partial charge in [-0.3, -0.25) is 4.57 Å². The van der Waals surface area contributed by atoms with Gasteiger partial charge < -0.3 is 0 Å². The summed E-state index contributed by atoms with van der Waals surface area (Å²) in [5.74, 6) is 0.704. The molecule has 2 aromatic heterocycles. The van der Waals surface area contributed by atoms with Gasteiger partial charge in [0.05, 0.1) is 17.2 Å². The van der Waals surface area contributed by atoms with Crippen LogP contribution in [0, 0.1) is 0 Å². The van der Waals surface area contributed by atoms with Gasteiger partial charge in [-0.15, -0.1) is 16.4 Å². The fourth-order valence-electron chi connectivity index (χ4n) is 1.97. The van der Waals surface area contributed by atoms with Gasteiger partial charge >= 0.3 is 5.69 Å². The molecule has 7 nitrogen and oxygen atoms in total. The van der Waals surface area contributed by atoms with E-state index >= 15 is 0 Å². The van der Waals surface area contributed by atoms with Crippen molar-refractivity contribution in [2.45, 2.75) is 26.3 Å². The Bertz CT molecular complexity index is 760. The number of rotatable bonds is 8. The Balaban J connectivity index is 2.03. The van der Waals surface area contributed by atoms with Crippen molar-refractivity contribution in [2.24, 2.45) is 7.05 Å². The van der Waals surface area contributed by atoms with E-state index in [4.69, 9.17) is 0 Å². The summed E-state index contributed by atoms with van der Waals surface area (Å²) in [4.78, 5) is 13.0. The van der Waals surface area contributed by atoms with Crippen LogP contribution in [0.3, 0.4) is 0 Å². The quantitative estimate of drug-likeness (QED) is 0.775. The van der Waals surface area contributed by atoms with E-state index in [0.717, 1.165) is 11.3 Å². The van der Waals surface area contributed by atoms with Gasteiger partial charge in [-0.25, -0.2) is 22.6 Å². The van der Waals surface area contributed by atoms with Gasteiger partial charge in [0.1, 0.15) is 0 Å². The van der Waals surface area contributed by atoms with Crippen molar-refractivity contribution in [3.05, 3.63) is 28.0 Å². The normalized spacial score (nSPS) is 11.9. The summed E-state index contributed by atoms with van der Waals surface area (Å²) in [7, 11) is -1.61. The second kappa shape index (κ2) is 7.21.